The maximum absolute atomic E-state index is 14.3. The van der Waals surface area contributed by atoms with Gasteiger partial charge in [-0.1, -0.05) is 0 Å². The summed E-state index contributed by atoms with van der Waals surface area (Å²) in [5.41, 5.74) is 3.48. The van der Waals surface area contributed by atoms with E-state index in [1.807, 2.05) is 24.9 Å². The van der Waals surface area contributed by atoms with Crippen LogP contribution in [-0.4, -0.2) is 87.6 Å². The van der Waals surface area contributed by atoms with Crippen molar-refractivity contribution in [3.8, 4) is 11.3 Å². The van der Waals surface area contributed by atoms with Crippen LogP contribution in [-0.2, 0) is 11.8 Å². The lowest BCUT2D eigenvalue weighted by molar-refractivity contribution is -0.00294. The van der Waals surface area contributed by atoms with Crippen molar-refractivity contribution in [2.24, 2.45) is 12.5 Å². The van der Waals surface area contributed by atoms with Gasteiger partial charge in [-0.3, -0.25) is 14.6 Å². The fourth-order valence-corrected chi connectivity index (χ4v) is 6.28. The molecule has 2 aliphatic heterocycles. The van der Waals surface area contributed by atoms with E-state index in [-0.39, 0.29) is 17.3 Å². The van der Waals surface area contributed by atoms with E-state index in [0.717, 1.165) is 80.1 Å². The van der Waals surface area contributed by atoms with Crippen LogP contribution in [0.1, 0.15) is 26.2 Å². The van der Waals surface area contributed by atoms with E-state index < -0.39 is 0 Å². The first-order valence-electron chi connectivity index (χ1n) is 12.8. The summed E-state index contributed by atoms with van der Waals surface area (Å²) >= 11 is 0. The number of anilines is 1. The molecule has 5 heterocycles. The molecular weight excluding hydrogens is 461 g/mol. The summed E-state index contributed by atoms with van der Waals surface area (Å²) in [5, 5.41) is 5.21. The lowest BCUT2D eigenvalue weighted by Crippen LogP contribution is -2.58. The summed E-state index contributed by atoms with van der Waals surface area (Å²) in [6.07, 6.45) is 8.13. The minimum Gasteiger partial charge on any atom is -0.450 e. The number of piperazine rings is 1. The Morgan fingerprint density at radius 3 is 2.72 bits per heavy atom. The number of ether oxygens (including phenoxy) is 1. The van der Waals surface area contributed by atoms with Crippen LogP contribution in [0.15, 0.2) is 30.7 Å². The van der Waals surface area contributed by atoms with E-state index >= 15 is 0 Å². The third-order valence-corrected chi connectivity index (χ3v) is 8.11. The number of pyridine rings is 2. The van der Waals surface area contributed by atoms with Crippen molar-refractivity contribution < 1.29 is 13.9 Å². The molecule has 0 bridgehead atoms. The van der Waals surface area contributed by atoms with Crippen molar-refractivity contribution in [2.75, 3.05) is 50.8 Å². The van der Waals surface area contributed by atoms with Crippen molar-refractivity contribution in [3.63, 3.8) is 0 Å². The molecule has 6 rings (SSSR count). The van der Waals surface area contributed by atoms with Gasteiger partial charge in [-0.05, 0) is 32.3 Å². The molecule has 1 saturated carbocycles. The topological polar surface area (TPSA) is 79.6 Å². The highest BCUT2D eigenvalue weighted by Gasteiger charge is 2.51. The maximum Gasteiger partial charge on any atom is 0.409 e. The molecule has 0 radical (unpaired) electrons. The quantitative estimate of drug-likeness (QED) is 0.552. The first-order chi connectivity index (χ1) is 17.4. The highest BCUT2D eigenvalue weighted by atomic mass is 19.1. The minimum atomic E-state index is -0.333. The van der Waals surface area contributed by atoms with Gasteiger partial charge in [-0.25, -0.2) is 14.2 Å². The summed E-state index contributed by atoms with van der Waals surface area (Å²) in [6, 6.07) is 4.15. The Kier molecular flexibility index (Phi) is 5.78. The van der Waals surface area contributed by atoms with Crippen molar-refractivity contribution in [2.45, 2.75) is 32.2 Å². The molecule has 1 amide bonds. The summed E-state index contributed by atoms with van der Waals surface area (Å²) < 4.78 is 21.2. The van der Waals surface area contributed by atoms with Crippen LogP contribution >= 0.6 is 0 Å². The highest BCUT2D eigenvalue weighted by Crippen LogP contribution is 2.47. The molecule has 3 fully saturated rings. The highest BCUT2D eigenvalue weighted by molar-refractivity contribution is 5.83. The normalized spacial score (nSPS) is 21.8. The van der Waals surface area contributed by atoms with E-state index in [1.54, 1.807) is 23.1 Å². The van der Waals surface area contributed by atoms with Crippen LogP contribution in [0, 0.1) is 11.2 Å². The van der Waals surface area contributed by atoms with Gasteiger partial charge >= 0.3 is 6.09 Å². The molecule has 3 aromatic heterocycles. The van der Waals surface area contributed by atoms with Crippen molar-refractivity contribution >= 4 is 22.8 Å². The summed E-state index contributed by atoms with van der Waals surface area (Å²) in [6.45, 7) is 7.39. The first-order valence-corrected chi connectivity index (χ1v) is 12.8. The largest absolute Gasteiger partial charge is 0.450 e. The fourth-order valence-electron chi connectivity index (χ4n) is 6.28. The Morgan fingerprint density at radius 1 is 1.14 bits per heavy atom. The van der Waals surface area contributed by atoms with Crippen LogP contribution in [0.2, 0.25) is 0 Å². The zero-order valence-corrected chi connectivity index (χ0v) is 20.9. The van der Waals surface area contributed by atoms with E-state index in [4.69, 9.17) is 4.74 Å². The minimum absolute atomic E-state index is 0.183. The van der Waals surface area contributed by atoms with Crippen LogP contribution < -0.4 is 4.90 Å². The molecule has 3 aromatic rings. The number of halogens is 1. The average Bonchev–Trinajstić information content (AvgIpc) is 3.48. The first kappa shape index (κ1) is 23.1. The lowest BCUT2D eigenvalue weighted by Gasteiger charge is -2.48. The Balaban J connectivity index is 1.12. The molecule has 0 N–H and O–H groups in total. The number of aryl methyl sites for hydroxylation is 1. The standard InChI is InChI=1S/C26H32FN7O2/c1-3-36-25(35)34-16-26(17-34)5-4-21(12-26)32-6-8-33(9-7-32)22-11-20(27)15-28-23(22)18-10-19-14-30-31(2)24(19)29-13-18/h10-11,13-15,21H,3-9,12,16-17H2,1-2H3/t21-/m1/s1. The van der Waals surface area contributed by atoms with Gasteiger partial charge in [0.25, 0.3) is 0 Å². The Morgan fingerprint density at radius 2 is 1.94 bits per heavy atom. The van der Waals surface area contributed by atoms with Gasteiger partial charge < -0.3 is 14.5 Å². The maximum atomic E-state index is 14.3. The molecular formula is C26H32FN7O2. The van der Waals surface area contributed by atoms with Gasteiger partial charge in [0.15, 0.2) is 5.65 Å². The Labute approximate surface area is 209 Å². The zero-order valence-electron chi connectivity index (χ0n) is 20.9. The number of rotatable bonds is 4. The smallest absolute Gasteiger partial charge is 0.409 e. The van der Waals surface area contributed by atoms with E-state index in [1.165, 1.54) is 12.6 Å². The molecule has 9 nitrogen and oxygen atoms in total. The van der Waals surface area contributed by atoms with Crippen LogP contribution in [0.4, 0.5) is 14.9 Å². The summed E-state index contributed by atoms with van der Waals surface area (Å²) in [5.74, 6) is -0.333. The van der Waals surface area contributed by atoms with E-state index in [9.17, 15) is 9.18 Å². The Hall–Kier alpha value is -3.27. The van der Waals surface area contributed by atoms with Gasteiger partial charge in [-0.15, -0.1) is 0 Å². The number of hydrogen-bond donors (Lipinski definition) is 0. The third-order valence-electron chi connectivity index (χ3n) is 8.11. The SMILES string of the molecule is CCOC(=O)N1CC2(CC[C@@H](N3CCN(c4cc(F)cnc4-c4cnc5c(cnn5C)c4)CC3)C2)C1. The van der Waals surface area contributed by atoms with Gasteiger partial charge in [0.05, 0.1) is 30.4 Å². The van der Waals surface area contributed by atoms with Gasteiger partial charge in [0.2, 0.25) is 0 Å². The predicted octanol–water partition coefficient (Wildman–Crippen LogP) is 3.30. The number of carbonyl (C=O) groups is 1. The molecule has 0 aromatic carbocycles. The average molecular weight is 494 g/mol. The van der Waals surface area contributed by atoms with Crippen LogP contribution in [0.5, 0.6) is 0 Å². The molecule has 1 spiro atoms. The number of likely N-dealkylation sites (tertiary alicyclic amines) is 1. The molecule has 10 heteroatoms. The number of fused-ring (bicyclic) bond motifs is 1. The number of hydrogen-bond acceptors (Lipinski definition) is 7. The monoisotopic (exact) mass is 493 g/mol. The van der Waals surface area contributed by atoms with Crippen LogP contribution in [0.3, 0.4) is 0 Å². The number of aromatic nitrogens is 4. The molecule has 2 saturated heterocycles. The second-order valence-electron chi connectivity index (χ2n) is 10.4. The predicted molar refractivity (Wildman–Crippen MR) is 134 cm³/mol. The second kappa shape index (κ2) is 8.99. The molecule has 3 aliphatic rings. The van der Waals surface area contributed by atoms with Gasteiger partial charge in [0, 0.05) is 81.0 Å². The number of carbonyl (C=O) groups excluding carboxylic acids is 1. The molecule has 190 valence electrons. The van der Waals surface area contributed by atoms with Crippen molar-refractivity contribution in [1.82, 2.24) is 29.5 Å². The lowest BCUT2D eigenvalue weighted by atomic mass is 9.78. The molecule has 1 atom stereocenters. The molecule has 1 aliphatic carbocycles. The van der Waals surface area contributed by atoms with Crippen molar-refractivity contribution in [1.29, 1.82) is 0 Å². The number of amides is 1. The van der Waals surface area contributed by atoms with E-state index in [0.29, 0.717) is 12.6 Å². The summed E-state index contributed by atoms with van der Waals surface area (Å²) in [4.78, 5) is 27.7. The van der Waals surface area contributed by atoms with Crippen LogP contribution in [0.25, 0.3) is 22.3 Å². The number of nitrogens with zero attached hydrogens (tertiary/aromatic N) is 7. The van der Waals surface area contributed by atoms with E-state index in [2.05, 4.69) is 24.9 Å². The second-order valence-corrected chi connectivity index (χ2v) is 10.4. The Bertz CT molecular complexity index is 1280. The third kappa shape index (κ3) is 4.07. The zero-order chi connectivity index (χ0) is 24.9. The molecule has 36 heavy (non-hydrogen) atoms. The van der Waals surface area contributed by atoms with Gasteiger partial charge in [-0.2, -0.15) is 5.10 Å². The van der Waals surface area contributed by atoms with Crippen molar-refractivity contribution in [3.05, 3.63) is 36.5 Å². The van der Waals surface area contributed by atoms with Gasteiger partial charge in [0.1, 0.15) is 5.82 Å². The summed E-state index contributed by atoms with van der Waals surface area (Å²) in [7, 11) is 1.86. The molecule has 0 unspecified atom stereocenters. The fraction of sp³-hybridized carbons (Fsp3) is 0.538.